The third-order valence-electron chi connectivity index (χ3n) is 3.48. The molecule has 23 heavy (non-hydrogen) atoms. The molecular weight excluding hydrogens is 292 g/mol. The van der Waals surface area contributed by atoms with E-state index in [9.17, 15) is 9.59 Å². The molecule has 132 valence electrons. The molecule has 0 aromatic rings. The van der Waals surface area contributed by atoms with E-state index in [4.69, 9.17) is 0 Å². The number of rotatable bonds is 14. The van der Waals surface area contributed by atoms with Gasteiger partial charge in [-0.2, -0.15) is 0 Å². The summed E-state index contributed by atoms with van der Waals surface area (Å²) in [5.74, 6) is -0.225. The van der Waals surface area contributed by atoms with E-state index in [1.54, 1.807) is 0 Å². The average Bonchev–Trinajstić information content (AvgIpc) is 2.54. The number of amides is 2. The summed E-state index contributed by atoms with van der Waals surface area (Å²) in [5, 5.41) is 5.55. The Morgan fingerprint density at radius 3 is 1.48 bits per heavy atom. The van der Waals surface area contributed by atoms with Gasteiger partial charge in [0.1, 0.15) is 0 Å². The molecule has 0 spiro atoms. The molecule has 0 heterocycles. The maximum atomic E-state index is 11.0. The summed E-state index contributed by atoms with van der Waals surface area (Å²) in [6, 6.07) is 0. The Morgan fingerprint density at radius 2 is 1.13 bits per heavy atom. The lowest BCUT2D eigenvalue weighted by molar-refractivity contribution is -0.117. The largest absolute Gasteiger partial charge is 0.353 e. The molecule has 0 aliphatic rings. The van der Waals surface area contributed by atoms with Crippen LogP contribution in [0, 0.1) is 0 Å². The lowest BCUT2D eigenvalue weighted by atomic mass is 10.3. The van der Waals surface area contributed by atoms with Crippen molar-refractivity contribution in [3.63, 3.8) is 0 Å². The van der Waals surface area contributed by atoms with Gasteiger partial charge in [0.05, 0.1) is 0 Å². The van der Waals surface area contributed by atoms with Crippen molar-refractivity contribution in [3.8, 4) is 0 Å². The quantitative estimate of drug-likeness (QED) is 0.363. The molecule has 0 aromatic heterocycles. The van der Waals surface area contributed by atoms with E-state index < -0.39 is 0 Å². The van der Waals surface area contributed by atoms with E-state index in [0.717, 1.165) is 45.4 Å². The van der Waals surface area contributed by atoms with Gasteiger partial charge in [-0.15, -0.1) is 0 Å². The van der Waals surface area contributed by atoms with Crippen LogP contribution in [0.2, 0.25) is 0 Å². The molecule has 6 nitrogen and oxygen atoms in total. The Labute approximate surface area is 140 Å². The highest BCUT2D eigenvalue weighted by atomic mass is 16.2. The summed E-state index contributed by atoms with van der Waals surface area (Å²) < 4.78 is 0. The van der Waals surface area contributed by atoms with Crippen molar-refractivity contribution in [2.45, 2.75) is 19.3 Å². The Balaban J connectivity index is 3.49. The second-order valence-electron chi connectivity index (χ2n) is 5.66. The van der Waals surface area contributed by atoms with Gasteiger partial charge in [0.15, 0.2) is 0 Å². The fraction of sp³-hybridized carbons (Fsp3) is 0.647. The third kappa shape index (κ3) is 13.7. The molecule has 2 N–H and O–H groups in total. The normalized spacial score (nSPS) is 10.6. The minimum Gasteiger partial charge on any atom is -0.353 e. The van der Waals surface area contributed by atoms with Gasteiger partial charge in [-0.3, -0.25) is 9.59 Å². The molecule has 0 aliphatic carbocycles. The zero-order valence-corrected chi connectivity index (χ0v) is 14.6. The van der Waals surface area contributed by atoms with Gasteiger partial charge >= 0.3 is 0 Å². The summed E-state index contributed by atoms with van der Waals surface area (Å²) in [6.07, 6.45) is 5.57. The fourth-order valence-corrected chi connectivity index (χ4v) is 2.10. The Morgan fingerprint density at radius 1 is 0.783 bits per heavy atom. The first kappa shape index (κ1) is 21.3. The van der Waals surface area contributed by atoms with Gasteiger partial charge in [-0.1, -0.05) is 13.2 Å². The third-order valence-corrected chi connectivity index (χ3v) is 3.48. The van der Waals surface area contributed by atoms with Crippen LogP contribution in [-0.4, -0.2) is 75.0 Å². The van der Waals surface area contributed by atoms with Crippen LogP contribution in [0.3, 0.4) is 0 Å². The molecule has 0 aromatic carbocycles. The molecule has 0 radical (unpaired) electrons. The molecule has 0 aliphatic heterocycles. The average molecular weight is 324 g/mol. The SMILES string of the molecule is C=CC(=O)NCCCN(C)CCCN(C)CCCNC(=O)C=C. The Bertz CT molecular complexity index is 338. The molecule has 0 atom stereocenters. The minimum absolute atomic E-state index is 0.112. The zero-order valence-electron chi connectivity index (χ0n) is 14.6. The predicted octanol–water partition coefficient (Wildman–Crippen LogP) is 0.625. The number of nitrogens with one attached hydrogen (secondary N) is 2. The van der Waals surface area contributed by atoms with Crippen LogP contribution < -0.4 is 10.6 Å². The van der Waals surface area contributed by atoms with Crippen LogP contribution in [0.4, 0.5) is 0 Å². The summed E-state index contributed by atoms with van der Waals surface area (Å²) in [7, 11) is 4.19. The lowest BCUT2D eigenvalue weighted by Crippen LogP contribution is -2.30. The Kier molecular flexibility index (Phi) is 13.0. The summed E-state index contributed by atoms with van der Waals surface area (Å²) in [5.41, 5.74) is 0. The molecule has 2 amide bonds. The van der Waals surface area contributed by atoms with E-state index in [0.29, 0.717) is 13.1 Å². The first-order valence-corrected chi connectivity index (χ1v) is 8.17. The maximum absolute atomic E-state index is 11.0. The van der Waals surface area contributed by atoms with E-state index >= 15 is 0 Å². The Hall–Kier alpha value is -1.66. The first-order valence-electron chi connectivity index (χ1n) is 8.17. The fourth-order valence-electron chi connectivity index (χ4n) is 2.10. The van der Waals surface area contributed by atoms with Crippen molar-refractivity contribution in [2.24, 2.45) is 0 Å². The van der Waals surface area contributed by atoms with E-state index in [1.165, 1.54) is 12.2 Å². The topological polar surface area (TPSA) is 64.7 Å². The van der Waals surface area contributed by atoms with Crippen molar-refractivity contribution in [1.29, 1.82) is 0 Å². The van der Waals surface area contributed by atoms with Crippen LogP contribution >= 0.6 is 0 Å². The molecule has 6 heteroatoms. The van der Waals surface area contributed by atoms with Crippen LogP contribution in [0.5, 0.6) is 0 Å². The minimum atomic E-state index is -0.112. The predicted molar refractivity (Wildman–Crippen MR) is 95.3 cm³/mol. The molecule has 0 rings (SSSR count). The van der Waals surface area contributed by atoms with Gasteiger partial charge < -0.3 is 20.4 Å². The van der Waals surface area contributed by atoms with E-state index in [2.05, 4.69) is 47.7 Å². The van der Waals surface area contributed by atoms with Crippen molar-refractivity contribution < 1.29 is 9.59 Å². The van der Waals surface area contributed by atoms with E-state index in [1.807, 2.05) is 0 Å². The molecule has 0 saturated heterocycles. The van der Waals surface area contributed by atoms with Crippen LogP contribution in [0.15, 0.2) is 25.3 Å². The van der Waals surface area contributed by atoms with Crippen molar-refractivity contribution in [1.82, 2.24) is 20.4 Å². The van der Waals surface area contributed by atoms with Crippen molar-refractivity contribution in [2.75, 3.05) is 53.4 Å². The number of carbonyl (C=O) groups is 2. The number of hydrogen-bond donors (Lipinski definition) is 2. The molecular formula is C17H32N4O2. The highest BCUT2D eigenvalue weighted by Crippen LogP contribution is 1.94. The summed E-state index contributed by atoms with van der Waals surface area (Å²) in [6.45, 7) is 12.2. The maximum Gasteiger partial charge on any atom is 0.243 e. The highest BCUT2D eigenvalue weighted by molar-refractivity contribution is 5.87. The zero-order chi connectivity index (χ0) is 17.5. The van der Waals surface area contributed by atoms with Crippen molar-refractivity contribution in [3.05, 3.63) is 25.3 Å². The van der Waals surface area contributed by atoms with Gasteiger partial charge in [-0.25, -0.2) is 0 Å². The number of carbonyl (C=O) groups excluding carboxylic acids is 2. The second kappa shape index (κ2) is 14.0. The second-order valence-corrected chi connectivity index (χ2v) is 5.66. The van der Waals surface area contributed by atoms with Gasteiger partial charge in [-0.05, 0) is 71.7 Å². The molecule has 0 unspecified atom stereocenters. The molecule has 0 fully saturated rings. The van der Waals surface area contributed by atoms with Gasteiger partial charge in [0.2, 0.25) is 11.8 Å². The van der Waals surface area contributed by atoms with E-state index in [-0.39, 0.29) is 11.8 Å². The van der Waals surface area contributed by atoms with Gasteiger partial charge in [0, 0.05) is 13.1 Å². The van der Waals surface area contributed by atoms with Crippen LogP contribution in [0.25, 0.3) is 0 Å². The number of hydrogen-bond acceptors (Lipinski definition) is 4. The molecule has 0 bridgehead atoms. The smallest absolute Gasteiger partial charge is 0.243 e. The highest BCUT2D eigenvalue weighted by Gasteiger charge is 2.02. The number of nitrogens with zero attached hydrogens (tertiary/aromatic N) is 2. The first-order chi connectivity index (χ1) is 11.0. The van der Waals surface area contributed by atoms with Gasteiger partial charge in [0.25, 0.3) is 0 Å². The monoisotopic (exact) mass is 324 g/mol. The molecule has 0 saturated carbocycles. The summed E-state index contributed by atoms with van der Waals surface area (Å²) in [4.78, 5) is 26.5. The summed E-state index contributed by atoms with van der Waals surface area (Å²) >= 11 is 0. The van der Waals surface area contributed by atoms with Crippen molar-refractivity contribution >= 4 is 11.8 Å². The standard InChI is InChI=1S/C17H32N4O2/c1-5-16(22)18-10-7-12-20(3)14-9-15-21(4)13-8-11-19-17(23)6-2/h5-6H,1-2,7-15H2,3-4H3,(H,18,22)(H,19,23). The van der Waals surface area contributed by atoms with Crippen LogP contribution in [-0.2, 0) is 9.59 Å². The van der Waals surface area contributed by atoms with Crippen LogP contribution in [0.1, 0.15) is 19.3 Å². The lowest BCUT2D eigenvalue weighted by Gasteiger charge is -2.20.